The van der Waals surface area contributed by atoms with Crippen LogP contribution in [0, 0.1) is 6.92 Å². The monoisotopic (exact) mass is 367 g/mol. The number of hydrogen-bond acceptors (Lipinski definition) is 4. The van der Waals surface area contributed by atoms with Gasteiger partial charge in [0.1, 0.15) is 4.90 Å². The Morgan fingerprint density at radius 2 is 1.62 bits per heavy atom. The summed E-state index contributed by atoms with van der Waals surface area (Å²) in [5, 5.41) is 0.840. The van der Waals surface area contributed by atoms with Crippen LogP contribution in [0.25, 0.3) is 10.9 Å². The average molecular weight is 367 g/mol. The molecule has 6 heteroatoms. The normalized spacial score (nSPS) is 16.1. The summed E-state index contributed by atoms with van der Waals surface area (Å²) >= 11 is 0. The first-order chi connectivity index (χ1) is 12.6. The molecule has 5 nitrogen and oxygen atoms in total. The van der Waals surface area contributed by atoms with Gasteiger partial charge in [0.15, 0.2) is 0 Å². The number of rotatable bonds is 3. The maximum Gasteiger partial charge on any atom is 0.245 e. The maximum absolute atomic E-state index is 13.2. The molecule has 4 rings (SSSR count). The summed E-state index contributed by atoms with van der Waals surface area (Å²) in [7, 11) is -3.56. The Bertz CT molecular complexity index is 1040. The molecule has 0 aliphatic carbocycles. The molecule has 0 bridgehead atoms. The molecule has 0 spiro atoms. The summed E-state index contributed by atoms with van der Waals surface area (Å²) < 4.78 is 27.9. The highest BCUT2D eigenvalue weighted by Gasteiger charge is 2.30. The second-order valence-corrected chi connectivity index (χ2v) is 8.42. The summed E-state index contributed by atoms with van der Waals surface area (Å²) in [5.74, 6) is 0. The van der Waals surface area contributed by atoms with Crippen molar-refractivity contribution in [1.29, 1.82) is 0 Å². The smallest absolute Gasteiger partial charge is 0.245 e. The van der Waals surface area contributed by atoms with Crippen LogP contribution in [0.3, 0.4) is 0 Å². The fraction of sp³-hybridized carbons (Fsp3) is 0.250. The molecule has 1 fully saturated rings. The molecule has 2 heterocycles. The quantitative estimate of drug-likeness (QED) is 0.714. The standard InChI is InChI=1S/C20H21N3O2S/c1-16-6-2-3-9-18(16)22-12-14-23(15-13-22)26(24,25)19-10-4-7-17-8-5-11-21-20(17)19/h2-11H,12-15H2,1H3. The van der Waals surface area contributed by atoms with E-state index in [1.807, 2.05) is 30.3 Å². The van der Waals surface area contributed by atoms with Crippen molar-refractivity contribution < 1.29 is 8.42 Å². The van der Waals surface area contributed by atoms with Gasteiger partial charge in [0.25, 0.3) is 0 Å². The Labute approximate surface area is 153 Å². The Hall–Kier alpha value is -2.44. The molecule has 0 radical (unpaired) electrons. The molecule has 1 aliphatic heterocycles. The van der Waals surface area contributed by atoms with E-state index in [1.54, 1.807) is 22.6 Å². The lowest BCUT2D eigenvalue weighted by Crippen LogP contribution is -2.48. The lowest BCUT2D eigenvalue weighted by Gasteiger charge is -2.36. The van der Waals surface area contributed by atoms with Gasteiger partial charge in [0, 0.05) is 43.4 Å². The maximum atomic E-state index is 13.2. The molecule has 0 atom stereocenters. The number of aromatic nitrogens is 1. The number of sulfonamides is 1. The fourth-order valence-corrected chi connectivity index (χ4v) is 5.10. The highest BCUT2D eigenvalue weighted by Crippen LogP contribution is 2.26. The van der Waals surface area contributed by atoms with Crippen molar-refractivity contribution in [3.63, 3.8) is 0 Å². The number of anilines is 1. The molecule has 0 amide bonds. The molecule has 0 unspecified atom stereocenters. The molecule has 1 saturated heterocycles. The summed E-state index contributed by atoms with van der Waals surface area (Å²) in [6.45, 7) is 4.39. The van der Waals surface area contributed by atoms with Crippen molar-refractivity contribution in [1.82, 2.24) is 9.29 Å². The van der Waals surface area contributed by atoms with E-state index >= 15 is 0 Å². The van der Waals surface area contributed by atoms with Crippen LogP contribution in [-0.2, 0) is 10.0 Å². The third-order valence-electron chi connectivity index (χ3n) is 4.91. The Morgan fingerprint density at radius 1 is 0.885 bits per heavy atom. The molecule has 26 heavy (non-hydrogen) atoms. The number of pyridine rings is 1. The Kier molecular flexibility index (Phi) is 4.38. The van der Waals surface area contributed by atoms with Gasteiger partial charge in [0.2, 0.25) is 10.0 Å². The SMILES string of the molecule is Cc1ccccc1N1CCN(S(=O)(=O)c2cccc3cccnc23)CC1. The Morgan fingerprint density at radius 3 is 2.38 bits per heavy atom. The summed E-state index contributed by atoms with van der Waals surface area (Å²) in [4.78, 5) is 6.84. The predicted octanol–water partition coefficient (Wildman–Crippen LogP) is 3.05. The van der Waals surface area contributed by atoms with E-state index in [9.17, 15) is 8.42 Å². The second kappa shape index (κ2) is 6.70. The molecule has 0 saturated carbocycles. The van der Waals surface area contributed by atoms with E-state index in [1.165, 1.54) is 11.3 Å². The Balaban J connectivity index is 1.60. The van der Waals surface area contributed by atoms with Crippen LogP contribution in [0.15, 0.2) is 65.7 Å². The first kappa shape index (κ1) is 17.0. The number of benzene rings is 2. The number of fused-ring (bicyclic) bond motifs is 1. The minimum atomic E-state index is -3.56. The molecular weight excluding hydrogens is 346 g/mol. The van der Waals surface area contributed by atoms with Crippen molar-refractivity contribution in [2.24, 2.45) is 0 Å². The second-order valence-electron chi connectivity index (χ2n) is 6.51. The highest BCUT2D eigenvalue weighted by molar-refractivity contribution is 7.89. The molecule has 3 aromatic rings. The van der Waals surface area contributed by atoms with Gasteiger partial charge in [-0.15, -0.1) is 0 Å². The van der Waals surface area contributed by atoms with Crippen molar-refractivity contribution in [3.05, 3.63) is 66.4 Å². The molecule has 1 aliphatic rings. The van der Waals surface area contributed by atoms with E-state index in [-0.39, 0.29) is 0 Å². The first-order valence-corrected chi connectivity index (χ1v) is 10.2. The number of aryl methyl sites for hydroxylation is 1. The molecule has 2 aromatic carbocycles. The number of hydrogen-bond donors (Lipinski definition) is 0. The van der Waals surface area contributed by atoms with Crippen molar-refractivity contribution in [2.45, 2.75) is 11.8 Å². The van der Waals surface area contributed by atoms with Gasteiger partial charge in [-0.3, -0.25) is 4.98 Å². The fourth-order valence-electron chi connectivity index (χ4n) is 3.51. The van der Waals surface area contributed by atoms with Crippen LogP contribution in [0.4, 0.5) is 5.69 Å². The van der Waals surface area contributed by atoms with Gasteiger partial charge in [-0.25, -0.2) is 8.42 Å². The van der Waals surface area contributed by atoms with Gasteiger partial charge in [0.05, 0.1) is 5.52 Å². The predicted molar refractivity (Wildman–Crippen MR) is 104 cm³/mol. The van der Waals surface area contributed by atoms with Crippen molar-refractivity contribution in [3.8, 4) is 0 Å². The zero-order valence-electron chi connectivity index (χ0n) is 14.7. The average Bonchev–Trinajstić information content (AvgIpc) is 2.68. The van der Waals surface area contributed by atoms with Crippen molar-refractivity contribution in [2.75, 3.05) is 31.1 Å². The largest absolute Gasteiger partial charge is 0.369 e. The van der Waals surface area contributed by atoms with Crippen molar-refractivity contribution >= 4 is 26.6 Å². The minimum absolute atomic E-state index is 0.292. The first-order valence-electron chi connectivity index (χ1n) is 8.72. The van der Waals surface area contributed by atoms with E-state index in [4.69, 9.17) is 0 Å². The highest BCUT2D eigenvalue weighted by atomic mass is 32.2. The molecule has 0 N–H and O–H groups in total. The van der Waals surface area contributed by atoms with Crippen LogP contribution in [0.1, 0.15) is 5.56 Å². The number of para-hydroxylation sites is 2. The van der Waals surface area contributed by atoms with Gasteiger partial charge in [-0.2, -0.15) is 4.31 Å². The lowest BCUT2D eigenvalue weighted by molar-refractivity contribution is 0.385. The van der Waals surface area contributed by atoms with E-state index in [0.717, 1.165) is 5.39 Å². The van der Waals surface area contributed by atoms with E-state index in [2.05, 4.69) is 28.9 Å². The van der Waals surface area contributed by atoms with Crippen LogP contribution in [0.2, 0.25) is 0 Å². The van der Waals surface area contributed by atoms with E-state index in [0.29, 0.717) is 36.6 Å². The molecular formula is C20H21N3O2S. The van der Waals surface area contributed by atoms with Crippen LogP contribution in [-0.4, -0.2) is 43.9 Å². The minimum Gasteiger partial charge on any atom is -0.369 e. The summed E-state index contributed by atoms with van der Waals surface area (Å²) in [6, 6.07) is 17.2. The van der Waals surface area contributed by atoms with Crippen LogP contribution < -0.4 is 4.90 Å². The van der Waals surface area contributed by atoms with Gasteiger partial charge < -0.3 is 4.90 Å². The third-order valence-corrected chi connectivity index (χ3v) is 6.84. The molecule has 1 aromatic heterocycles. The van der Waals surface area contributed by atoms with E-state index < -0.39 is 10.0 Å². The van der Waals surface area contributed by atoms with Crippen LogP contribution >= 0.6 is 0 Å². The zero-order valence-corrected chi connectivity index (χ0v) is 15.5. The van der Waals surface area contributed by atoms with Gasteiger partial charge in [-0.1, -0.05) is 36.4 Å². The summed E-state index contributed by atoms with van der Waals surface area (Å²) in [6.07, 6.45) is 1.64. The van der Waals surface area contributed by atoms with Gasteiger partial charge >= 0.3 is 0 Å². The lowest BCUT2D eigenvalue weighted by atomic mass is 10.1. The third kappa shape index (κ3) is 2.95. The number of nitrogens with zero attached hydrogens (tertiary/aromatic N) is 3. The molecule has 134 valence electrons. The number of piperazine rings is 1. The van der Waals surface area contributed by atoms with Crippen LogP contribution in [0.5, 0.6) is 0 Å². The topological polar surface area (TPSA) is 53.5 Å². The van der Waals surface area contributed by atoms with Gasteiger partial charge in [-0.05, 0) is 30.7 Å². The zero-order chi connectivity index (χ0) is 18.1. The summed E-state index contributed by atoms with van der Waals surface area (Å²) in [5.41, 5.74) is 2.93.